The van der Waals surface area contributed by atoms with Crippen LogP contribution in [0.5, 0.6) is 0 Å². The van der Waals surface area contributed by atoms with Gasteiger partial charge in [-0.1, -0.05) is 20.8 Å². The van der Waals surface area contributed by atoms with E-state index in [0.29, 0.717) is 12.5 Å². The number of hydrogen-bond acceptors (Lipinski definition) is 3. The molecule has 1 amide bonds. The molecule has 1 fully saturated rings. The van der Waals surface area contributed by atoms with E-state index in [1.165, 1.54) is 0 Å². The van der Waals surface area contributed by atoms with Crippen LogP contribution in [0.3, 0.4) is 0 Å². The van der Waals surface area contributed by atoms with Crippen molar-refractivity contribution in [3.05, 3.63) is 0 Å². The van der Waals surface area contributed by atoms with Gasteiger partial charge < -0.3 is 5.32 Å². The lowest BCUT2D eigenvalue weighted by atomic mass is 9.95. The molecule has 0 aromatic heterocycles. The van der Waals surface area contributed by atoms with Crippen molar-refractivity contribution in [3.8, 4) is 6.07 Å². The van der Waals surface area contributed by atoms with E-state index in [-0.39, 0.29) is 17.9 Å². The zero-order valence-electron chi connectivity index (χ0n) is 10.4. The van der Waals surface area contributed by atoms with Crippen LogP contribution in [0.25, 0.3) is 0 Å². The minimum atomic E-state index is 0.0293. The maximum absolute atomic E-state index is 11.6. The van der Waals surface area contributed by atoms with Gasteiger partial charge in [0.25, 0.3) is 0 Å². The number of likely N-dealkylation sites (tertiary alicyclic amines) is 1. The van der Waals surface area contributed by atoms with Crippen molar-refractivity contribution in [1.82, 2.24) is 10.2 Å². The first kappa shape index (κ1) is 13.0. The Bertz CT molecular complexity index is 282. The summed E-state index contributed by atoms with van der Waals surface area (Å²) in [4.78, 5) is 13.7. The first-order valence-corrected chi connectivity index (χ1v) is 5.92. The summed E-state index contributed by atoms with van der Waals surface area (Å²) in [6, 6.07) is 2.37. The van der Waals surface area contributed by atoms with Crippen molar-refractivity contribution in [3.63, 3.8) is 0 Å². The van der Waals surface area contributed by atoms with Crippen LogP contribution in [0.1, 0.15) is 27.2 Å². The SMILES string of the molecule is CC1CC(NC(=O)C(C)C)CN(CC#N)C1. The van der Waals surface area contributed by atoms with E-state index in [0.717, 1.165) is 19.5 Å². The Hall–Kier alpha value is -1.08. The second-order valence-electron chi connectivity index (χ2n) is 5.05. The molecule has 0 aromatic rings. The smallest absolute Gasteiger partial charge is 0.222 e. The number of nitriles is 1. The van der Waals surface area contributed by atoms with Gasteiger partial charge in [-0.3, -0.25) is 9.69 Å². The minimum absolute atomic E-state index is 0.0293. The highest BCUT2D eigenvalue weighted by Crippen LogP contribution is 2.16. The molecule has 1 aliphatic rings. The van der Waals surface area contributed by atoms with Gasteiger partial charge in [-0.05, 0) is 12.3 Å². The van der Waals surface area contributed by atoms with Crippen LogP contribution in [0, 0.1) is 23.2 Å². The molecule has 1 rings (SSSR count). The van der Waals surface area contributed by atoms with E-state index in [9.17, 15) is 4.79 Å². The van der Waals surface area contributed by atoms with Crippen LogP contribution in [0.2, 0.25) is 0 Å². The van der Waals surface area contributed by atoms with Crippen LogP contribution in [0.4, 0.5) is 0 Å². The maximum Gasteiger partial charge on any atom is 0.222 e. The second-order valence-corrected chi connectivity index (χ2v) is 5.05. The zero-order chi connectivity index (χ0) is 12.1. The van der Waals surface area contributed by atoms with Gasteiger partial charge in [-0.15, -0.1) is 0 Å². The molecule has 2 unspecified atom stereocenters. The van der Waals surface area contributed by atoms with Crippen LogP contribution in [-0.2, 0) is 4.79 Å². The minimum Gasteiger partial charge on any atom is -0.352 e. The summed E-state index contributed by atoms with van der Waals surface area (Å²) in [6.07, 6.45) is 1.01. The van der Waals surface area contributed by atoms with Crippen molar-refractivity contribution >= 4 is 5.91 Å². The summed E-state index contributed by atoms with van der Waals surface area (Å²) in [6.45, 7) is 8.18. The van der Waals surface area contributed by atoms with Crippen LogP contribution >= 0.6 is 0 Å². The summed E-state index contributed by atoms with van der Waals surface area (Å²) in [7, 11) is 0. The maximum atomic E-state index is 11.6. The van der Waals surface area contributed by atoms with Gasteiger partial charge >= 0.3 is 0 Å². The van der Waals surface area contributed by atoms with Crippen molar-refractivity contribution in [2.45, 2.75) is 33.2 Å². The van der Waals surface area contributed by atoms with Gasteiger partial charge in [0.2, 0.25) is 5.91 Å². The molecule has 90 valence electrons. The van der Waals surface area contributed by atoms with Crippen LogP contribution in [-0.4, -0.2) is 36.5 Å². The third kappa shape index (κ3) is 3.82. The van der Waals surface area contributed by atoms with Gasteiger partial charge in [0.1, 0.15) is 0 Å². The average Bonchev–Trinajstić information content (AvgIpc) is 2.16. The van der Waals surface area contributed by atoms with E-state index >= 15 is 0 Å². The monoisotopic (exact) mass is 223 g/mol. The molecule has 1 N–H and O–H groups in total. The molecule has 0 aromatic carbocycles. The fourth-order valence-corrected chi connectivity index (χ4v) is 2.16. The Morgan fingerprint density at radius 2 is 2.25 bits per heavy atom. The molecule has 0 spiro atoms. The highest BCUT2D eigenvalue weighted by molar-refractivity contribution is 5.78. The van der Waals surface area contributed by atoms with E-state index in [1.54, 1.807) is 0 Å². The van der Waals surface area contributed by atoms with E-state index in [4.69, 9.17) is 5.26 Å². The molecule has 0 bridgehead atoms. The van der Waals surface area contributed by atoms with Crippen LogP contribution < -0.4 is 5.32 Å². The van der Waals surface area contributed by atoms with Gasteiger partial charge in [-0.2, -0.15) is 5.26 Å². The predicted octanol–water partition coefficient (Wildman–Crippen LogP) is 0.993. The zero-order valence-corrected chi connectivity index (χ0v) is 10.4. The normalized spacial score (nSPS) is 26.4. The van der Waals surface area contributed by atoms with Gasteiger partial charge in [0.15, 0.2) is 0 Å². The highest BCUT2D eigenvalue weighted by atomic mass is 16.1. The quantitative estimate of drug-likeness (QED) is 0.726. The largest absolute Gasteiger partial charge is 0.352 e. The third-order valence-corrected chi connectivity index (χ3v) is 2.90. The lowest BCUT2D eigenvalue weighted by molar-refractivity contribution is -0.125. The molecule has 4 nitrogen and oxygen atoms in total. The molecule has 2 atom stereocenters. The number of hydrogen-bond donors (Lipinski definition) is 1. The number of nitrogens with one attached hydrogen (secondary N) is 1. The summed E-state index contributed by atoms with van der Waals surface area (Å²) < 4.78 is 0. The number of nitrogens with zero attached hydrogens (tertiary/aromatic N) is 2. The topological polar surface area (TPSA) is 56.1 Å². The Labute approximate surface area is 97.6 Å². The predicted molar refractivity (Wildman–Crippen MR) is 62.6 cm³/mol. The molecule has 1 saturated heterocycles. The first-order valence-electron chi connectivity index (χ1n) is 5.92. The van der Waals surface area contributed by atoms with E-state index < -0.39 is 0 Å². The third-order valence-electron chi connectivity index (χ3n) is 2.90. The fourth-order valence-electron chi connectivity index (χ4n) is 2.16. The van der Waals surface area contributed by atoms with Crippen LogP contribution in [0.15, 0.2) is 0 Å². The average molecular weight is 223 g/mol. The lowest BCUT2D eigenvalue weighted by Crippen LogP contribution is -2.51. The Morgan fingerprint density at radius 1 is 1.56 bits per heavy atom. The molecule has 0 saturated carbocycles. The van der Waals surface area contributed by atoms with Crippen molar-refractivity contribution in [1.29, 1.82) is 5.26 Å². The Balaban J connectivity index is 2.48. The second kappa shape index (κ2) is 5.86. The van der Waals surface area contributed by atoms with Gasteiger partial charge in [0.05, 0.1) is 12.6 Å². The number of carbonyl (C=O) groups excluding carboxylic acids is 1. The molecule has 1 heterocycles. The summed E-state index contributed by atoms with van der Waals surface area (Å²) in [5.41, 5.74) is 0. The molecular formula is C12H21N3O. The van der Waals surface area contributed by atoms with Crippen molar-refractivity contribution in [2.24, 2.45) is 11.8 Å². The molecule has 16 heavy (non-hydrogen) atoms. The Morgan fingerprint density at radius 3 is 2.81 bits per heavy atom. The van der Waals surface area contributed by atoms with Crippen molar-refractivity contribution in [2.75, 3.05) is 19.6 Å². The number of piperidine rings is 1. The standard InChI is InChI=1S/C12H21N3O/c1-9(2)12(16)14-11-6-10(3)7-15(8-11)5-4-13/h9-11H,5-8H2,1-3H3,(H,14,16). The van der Waals surface area contributed by atoms with E-state index in [2.05, 4.69) is 23.2 Å². The molecule has 4 heteroatoms. The number of rotatable bonds is 3. The first-order chi connectivity index (χ1) is 7.52. The number of carbonyl (C=O) groups is 1. The molecular weight excluding hydrogens is 202 g/mol. The lowest BCUT2D eigenvalue weighted by Gasteiger charge is -2.35. The van der Waals surface area contributed by atoms with Gasteiger partial charge in [-0.25, -0.2) is 0 Å². The van der Waals surface area contributed by atoms with Crippen molar-refractivity contribution < 1.29 is 4.79 Å². The highest BCUT2D eigenvalue weighted by Gasteiger charge is 2.25. The van der Waals surface area contributed by atoms with E-state index in [1.807, 2.05) is 13.8 Å². The summed E-state index contributed by atoms with van der Waals surface area (Å²) in [5.74, 6) is 0.678. The molecule has 0 aliphatic carbocycles. The fraction of sp³-hybridized carbons (Fsp3) is 0.833. The van der Waals surface area contributed by atoms with Gasteiger partial charge in [0, 0.05) is 25.0 Å². The number of amides is 1. The molecule has 1 aliphatic heterocycles. The summed E-state index contributed by atoms with van der Waals surface area (Å²) >= 11 is 0. The molecule has 0 radical (unpaired) electrons. The Kier molecular flexibility index (Phi) is 4.75. The summed E-state index contributed by atoms with van der Waals surface area (Å²) in [5, 5.41) is 11.7.